The lowest BCUT2D eigenvalue weighted by Crippen LogP contribution is -2.33. The first-order valence-electron chi connectivity index (χ1n) is 6.78. The lowest BCUT2D eigenvalue weighted by atomic mass is 10.1. The van der Waals surface area contributed by atoms with Gasteiger partial charge in [0.15, 0.2) is 9.84 Å². The Kier molecular flexibility index (Phi) is 4.13. The van der Waals surface area contributed by atoms with Crippen LogP contribution in [0.1, 0.15) is 20.3 Å². The lowest BCUT2D eigenvalue weighted by molar-refractivity contribution is 0.244. The van der Waals surface area contributed by atoms with Crippen LogP contribution in [0, 0.1) is 0 Å². The van der Waals surface area contributed by atoms with Crippen molar-refractivity contribution in [2.45, 2.75) is 32.4 Å². The molecular weight excluding hydrogens is 276 g/mol. The summed E-state index contributed by atoms with van der Waals surface area (Å²) in [6.07, 6.45) is 0.692. The van der Waals surface area contributed by atoms with Crippen molar-refractivity contribution >= 4 is 21.2 Å². The fraction of sp³-hybridized carbons (Fsp3) is 0.571. The molecule has 0 amide bonds. The van der Waals surface area contributed by atoms with E-state index in [0.29, 0.717) is 17.9 Å². The zero-order chi connectivity index (χ0) is 14.9. The average Bonchev–Trinajstić information content (AvgIpc) is 2.71. The Bertz CT molecular complexity index is 584. The van der Waals surface area contributed by atoms with Gasteiger partial charge in [0.05, 0.1) is 29.0 Å². The number of hydrogen-bond donors (Lipinski definition) is 1. The largest absolute Gasteiger partial charge is 0.489 e. The SMILES string of the molecule is CC(C)Oc1cccc(N(C)C2CCS(=O)(=O)C2)c1N. The Labute approximate surface area is 120 Å². The fourth-order valence-corrected chi connectivity index (χ4v) is 4.25. The monoisotopic (exact) mass is 298 g/mol. The van der Waals surface area contributed by atoms with Gasteiger partial charge in [-0.05, 0) is 32.4 Å². The lowest BCUT2D eigenvalue weighted by Gasteiger charge is -2.28. The van der Waals surface area contributed by atoms with Crippen molar-refractivity contribution in [3.63, 3.8) is 0 Å². The Morgan fingerprint density at radius 3 is 2.65 bits per heavy atom. The second-order valence-electron chi connectivity index (χ2n) is 5.52. The summed E-state index contributed by atoms with van der Waals surface area (Å²) in [4.78, 5) is 1.95. The van der Waals surface area contributed by atoms with E-state index in [1.165, 1.54) is 0 Å². The van der Waals surface area contributed by atoms with Crippen molar-refractivity contribution in [2.75, 3.05) is 29.2 Å². The van der Waals surface area contributed by atoms with Crippen LogP contribution in [0.15, 0.2) is 18.2 Å². The van der Waals surface area contributed by atoms with Crippen LogP contribution in [-0.2, 0) is 9.84 Å². The molecule has 1 fully saturated rings. The molecule has 2 rings (SSSR count). The van der Waals surface area contributed by atoms with Gasteiger partial charge < -0.3 is 15.4 Å². The summed E-state index contributed by atoms with van der Waals surface area (Å²) in [5.74, 6) is 1.09. The molecule has 1 aliphatic rings. The van der Waals surface area contributed by atoms with Crippen molar-refractivity contribution in [1.82, 2.24) is 0 Å². The molecule has 5 nitrogen and oxygen atoms in total. The van der Waals surface area contributed by atoms with E-state index < -0.39 is 9.84 Å². The van der Waals surface area contributed by atoms with Crippen LogP contribution in [0.4, 0.5) is 11.4 Å². The van der Waals surface area contributed by atoms with Gasteiger partial charge in [0.1, 0.15) is 5.75 Å². The van der Waals surface area contributed by atoms with Gasteiger partial charge in [0.2, 0.25) is 0 Å². The normalized spacial score (nSPS) is 21.1. The molecule has 1 aliphatic heterocycles. The maximum absolute atomic E-state index is 11.6. The summed E-state index contributed by atoms with van der Waals surface area (Å²) >= 11 is 0. The second-order valence-corrected chi connectivity index (χ2v) is 7.75. The van der Waals surface area contributed by atoms with Crippen molar-refractivity contribution in [3.8, 4) is 5.75 Å². The number of hydrogen-bond acceptors (Lipinski definition) is 5. The van der Waals surface area contributed by atoms with Crippen LogP contribution in [0.3, 0.4) is 0 Å². The predicted octanol–water partition coefficient (Wildman–Crippen LogP) is 1.68. The van der Waals surface area contributed by atoms with Crippen LogP contribution in [0.25, 0.3) is 0 Å². The van der Waals surface area contributed by atoms with Crippen molar-refractivity contribution in [2.24, 2.45) is 0 Å². The summed E-state index contributed by atoms with van der Waals surface area (Å²) in [5, 5.41) is 0. The summed E-state index contributed by atoms with van der Waals surface area (Å²) < 4.78 is 28.9. The predicted molar refractivity (Wildman–Crippen MR) is 82.1 cm³/mol. The first kappa shape index (κ1) is 15.0. The van der Waals surface area contributed by atoms with Crippen LogP contribution < -0.4 is 15.4 Å². The molecule has 1 heterocycles. The van der Waals surface area contributed by atoms with E-state index >= 15 is 0 Å². The zero-order valence-corrected chi connectivity index (χ0v) is 13.0. The number of benzene rings is 1. The third kappa shape index (κ3) is 3.17. The molecule has 20 heavy (non-hydrogen) atoms. The molecule has 1 saturated heterocycles. The fourth-order valence-electron chi connectivity index (χ4n) is 2.47. The minimum Gasteiger partial charge on any atom is -0.489 e. The van der Waals surface area contributed by atoms with Gasteiger partial charge in [-0.3, -0.25) is 0 Å². The van der Waals surface area contributed by atoms with E-state index in [9.17, 15) is 8.42 Å². The van der Waals surface area contributed by atoms with Crippen molar-refractivity contribution in [1.29, 1.82) is 0 Å². The molecule has 6 heteroatoms. The number of nitrogens with two attached hydrogens (primary N) is 1. The summed E-state index contributed by atoms with van der Waals surface area (Å²) in [7, 11) is -1.02. The Balaban J connectivity index is 2.24. The van der Waals surface area contributed by atoms with E-state index in [-0.39, 0.29) is 23.7 Å². The smallest absolute Gasteiger partial charge is 0.152 e. The summed E-state index contributed by atoms with van der Waals surface area (Å²) in [6, 6.07) is 5.59. The van der Waals surface area contributed by atoms with E-state index in [0.717, 1.165) is 5.69 Å². The number of nitrogen functional groups attached to an aromatic ring is 1. The molecule has 0 radical (unpaired) electrons. The Morgan fingerprint density at radius 2 is 2.10 bits per heavy atom. The minimum atomic E-state index is -2.90. The van der Waals surface area contributed by atoms with E-state index in [4.69, 9.17) is 10.5 Å². The molecule has 2 N–H and O–H groups in total. The maximum Gasteiger partial charge on any atom is 0.152 e. The number of anilines is 2. The average molecular weight is 298 g/mol. The van der Waals surface area contributed by atoms with Crippen LogP contribution >= 0.6 is 0 Å². The van der Waals surface area contributed by atoms with E-state index in [1.54, 1.807) is 0 Å². The number of ether oxygens (including phenoxy) is 1. The van der Waals surface area contributed by atoms with Crippen LogP contribution in [-0.4, -0.2) is 39.1 Å². The highest BCUT2D eigenvalue weighted by atomic mass is 32.2. The minimum absolute atomic E-state index is 0.0170. The zero-order valence-electron chi connectivity index (χ0n) is 12.2. The van der Waals surface area contributed by atoms with Gasteiger partial charge in [-0.1, -0.05) is 6.07 Å². The molecular formula is C14H22N2O3S. The molecule has 0 aliphatic carbocycles. The first-order chi connectivity index (χ1) is 9.30. The standard InChI is InChI=1S/C14H22N2O3S/c1-10(2)19-13-6-4-5-12(14(13)15)16(3)11-7-8-20(17,18)9-11/h4-6,10-11H,7-9,15H2,1-3H3. The van der Waals surface area contributed by atoms with Crippen LogP contribution in [0.2, 0.25) is 0 Å². The first-order valence-corrected chi connectivity index (χ1v) is 8.60. The topological polar surface area (TPSA) is 72.6 Å². The highest BCUT2D eigenvalue weighted by molar-refractivity contribution is 7.91. The van der Waals surface area contributed by atoms with E-state index in [2.05, 4.69) is 0 Å². The Morgan fingerprint density at radius 1 is 1.40 bits per heavy atom. The molecule has 1 unspecified atom stereocenters. The van der Waals surface area contributed by atoms with Crippen LogP contribution in [0.5, 0.6) is 5.75 Å². The second kappa shape index (κ2) is 5.52. The van der Waals surface area contributed by atoms with Gasteiger partial charge in [0.25, 0.3) is 0 Å². The Hall–Kier alpha value is -1.43. The highest BCUT2D eigenvalue weighted by Gasteiger charge is 2.31. The van der Waals surface area contributed by atoms with Gasteiger partial charge >= 0.3 is 0 Å². The van der Waals surface area contributed by atoms with Gasteiger partial charge in [-0.2, -0.15) is 0 Å². The molecule has 1 atom stereocenters. The molecule has 0 bridgehead atoms. The number of rotatable bonds is 4. The van der Waals surface area contributed by atoms with Gasteiger partial charge in [-0.25, -0.2) is 8.42 Å². The molecule has 0 spiro atoms. The number of nitrogens with zero attached hydrogens (tertiary/aromatic N) is 1. The number of sulfone groups is 1. The van der Waals surface area contributed by atoms with Gasteiger partial charge in [-0.15, -0.1) is 0 Å². The quantitative estimate of drug-likeness (QED) is 0.856. The third-order valence-corrected chi connectivity index (χ3v) is 5.29. The number of para-hydroxylation sites is 1. The molecule has 112 valence electrons. The molecule has 0 aromatic heterocycles. The van der Waals surface area contributed by atoms with Crippen molar-refractivity contribution in [3.05, 3.63) is 18.2 Å². The van der Waals surface area contributed by atoms with E-state index in [1.807, 2.05) is 44.0 Å². The molecule has 1 aromatic carbocycles. The third-order valence-electron chi connectivity index (χ3n) is 3.54. The summed E-state index contributed by atoms with van der Waals surface area (Å²) in [6.45, 7) is 3.89. The van der Waals surface area contributed by atoms with Gasteiger partial charge in [0, 0.05) is 13.1 Å². The maximum atomic E-state index is 11.6. The van der Waals surface area contributed by atoms with Crippen molar-refractivity contribution < 1.29 is 13.2 Å². The molecule has 1 aromatic rings. The highest BCUT2D eigenvalue weighted by Crippen LogP contribution is 2.34. The summed E-state index contributed by atoms with van der Waals surface area (Å²) in [5.41, 5.74) is 7.54. The molecule has 0 saturated carbocycles.